The van der Waals surface area contributed by atoms with Gasteiger partial charge in [0.2, 0.25) is 5.91 Å². The van der Waals surface area contributed by atoms with Crippen molar-refractivity contribution in [2.24, 2.45) is 12.5 Å². The molecule has 0 bridgehead atoms. The Kier molecular flexibility index (Phi) is 10.5. The van der Waals surface area contributed by atoms with Crippen LogP contribution in [0.1, 0.15) is 24.8 Å². The third-order valence-corrected chi connectivity index (χ3v) is 4.17. The van der Waals surface area contributed by atoms with Crippen molar-refractivity contribution in [2.75, 3.05) is 33.4 Å². The molecule has 0 radical (unpaired) electrons. The summed E-state index contributed by atoms with van der Waals surface area (Å²) in [7, 11) is 3.61. The molecule has 6 nitrogen and oxygen atoms in total. The molecule has 0 unspecified atom stereocenters. The van der Waals surface area contributed by atoms with Gasteiger partial charge >= 0.3 is 0 Å². The highest BCUT2D eigenvalue weighted by molar-refractivity contribution is 5.85. The van der Waals surface area contributed by atoms with Gasteiger partial charge in [-0.1, -0.05) is 0 Å². The van der Waals surface area contributed by atoms with Crippen molar-refractivity contribution in [2.45, 2.75) is 25.7 Å². The van der Waals surface area contributed by atoms with Gasteiger partial charge < -0.3 is 15.4 Å². The van der Waals surface area contributed by atoms with Crippen LogP contribution >= 0.6 is 24.8 Å². The topological polar surface area (TPSA) is 68.2 Å². The van der Waals surface area contributed by atoms with Gasteiger partial charge in [-0.2, -0.15) is 5.10 Å². The van der Waals surface area contributed by atoms with Gasteiger partial charge in [0.15, 0.2) is 0 Å². The molecule has 1 amide bonds. The van der Waals surface area contributed by atoms with Crippen LogP contribution < -0.4 is 10.6 Å². The van der Waals surface area contributed by atoms with E-state index in [4.69, 9.17) is 4.74 Å². The van der Waals surface area contributed by atoms with E-state index in [2.05, 4.69) is 15.7 Å². The summed E-state index contributed by atoms with van der Waals surface area (Å²) in [6, 6.07) is 0. The summed E-state index contributed by atoms with van der Waals surface area (Å²) in [6.07, 6.45) is 7.10. The maximum atomic E-state index is 12.0. The molecule has 0 aromatic carbocycles. The van der Waals surface area contributed by atoms with Crippen LogP contribution in [-0.4, -0.2) is 49.0 Å². The third kappa shape index (κ3) is 7.08. The predicted octanol–water partition coefficient (Wildman–Crippen LogP) is 1.33. The van der Waals surface area contributed by atoms with Gasteiger partial charge in [-0.15, -0.1) is 24.8 Å². The van der Waals surface area contributed by atoms with E-state index in [1.165, 1.54) is 0 Å². The second-order valence-electron chi connectivity index (χ2n) is 5.98. The molecule has 2 heterocycles. The number of carbonyl (C=O) groups is 1. The van der Waals surface area contributed by atoms with E-state index < -0.39 is 0 Å². The Morgan fingerprint density at radius 1 is 1.43 bits per heavy atom. The summed E-state index contributed by atoms with van der Waals surface area (Å²) >= 11 is 0. The first-order chi connectivity index (χ1) is 10.1. The average Bonchev–Trinajstić information content (AvgIpc) is 2.90. The van der Waals surface area contributed by atoms with Gasteiger partial charge in [0.1, 0.15) is 0 Å². The van der Waals surface area contributed by atoms with Crippen LogP contribution in [0.3, 0.4) is 0 Å². The lowest BCUT2D eigenvalue weighted by Crippen LogP contribution is -2.47. The zero-order valence-corrected chi connectivity index (χ0v) is 15.5. The van der Waals surface area contributed by atoms with Crippen LogP contribution in [0.2, 0.25) is 0 Å². The molecule has 0 saturated carbocycles. The van der Waals surface area contributed by atoms with Crippen LogP contribution in [0.5, 0.6) is 0 Å². The zero-order chi connectivity index (χ0) is 15.1. The standard InChI is InChI=1S/C15H26N4O2.2ClH/c1-19-10-13(9-18-19)3-4-14(20)17-11-15(12-21-2)5-7-16-8-6-15;;/h9-10,16H,3-8,11-12H2,1-2H3,(H,17,20);2*1H. The summed E-state index contributed by atoms with van der Waals surface area (Å²) in [4.78, 5) is 12.0. The van der Waals surface area contributed by atoms with Crippen molar-refractivity contribution in [3.63, 3.8) is 0 Å². The molecule has 2 N–H and O–H groups in total. The number of hydrogen-bond acceptors (Lipinski definition) is 4. The summed E-state index contributed by atoms with van der Waals surface area (Å²) < 4.78 is 7.12. The van der Waals surface area contributed by atoms with Gasteiger partial charge in [0, 0.05) is 38.7 Å². The van der Waals surface area contributed by atoms with E-state index in [-0.39, 0.29) is 36.1 Å². The Labute approximate surface area is 150 Å². The molecule has 23 heavy (non-hydrogen) atoms. The summed E-state index contributed by atoms with van der Waals surface area (Å²) in [5.74, 6) is 0.105. The van der Waals surface area contributed by atoms with Crippen LogP contribution in [0.15, 0.2) is 12.4 Å². The monoisotopic (exact) mass is 366 g/mol. The average molecular weight is 367 g/mol. The highest BCUT2D eigenvalue weighted by atomic mass is 35.5. The van der Waals surface area contributed by atoms with Gasteiger partial charge in [0.05, 0.1) is 12.8 Å². The number of ether oxygens (including phenoxy) is 1. The molecule has 0 aliphatic carbocycles. The number of amides is 1. The molecule has 1 aliphatic rings. The summed E-state index contributed by atoms with van der Waals surface area (Å²) in [5, 5.41) is 10.5. The number of carbonyl (C=O) groups excluding carboxylic acids is 1. The number of halogens is 2. The normalized spacial score (nSPS) is 16.1. The largest absolute Gasteiger partial charge is 0.384 e. The quantitative estimate of drug-likeness (QED) is 0.763. The first-order valence-electron chi connectivity index (χ1n) is 7.57. The van der Waals surface area contributed by atoms with Crippen molar-refractivity contribution >= 4 is 30.7 Å². The molecule has 2 rings (SSSR count). The van der Waals surface area contributed by atoms with E-state index in [1.54, 1.807) is 11.8 Å². The van der Waals surface area contributed by atoms with Gasteiger partial charge in [0.25, 0.3) is 0 Å². The van der Waals surface area contributed by atoms with Crippen molar-refractivity contribution < 1.29 is 9.53 Å². The van der Waals surface area contributed by atoms with Gasteiger partial charge in [-0.3, -0.25) is 9.48 Å². The molecule has 1 aromatic rings. The lowest BCUT2D eigenvalue weighted by Gasteiger charge is -2.37. The van der Waals surface area contributed by atoms with Crippen LogP contribution in [0, 0.1) is 5.41 Å². The highest BCUT2D eigenvalue weighted by Crippen LogP contribution is 2.28. The molecule has 0 spiro atoms. The number of piperidine rings is 1. The Balaban J connectivity index is 0.00000242. The second-order valence-corrected chi connectivity index (χ2v) is 5.98. The molecule has 8 heteroatoms. The van der Waals surface area contributed by atoms with Crippen LogP contribution in [0.4, 0.5) is 0 Å². The van der Waals surface area contributed by atoms with Crippen LogP contribution in [-0.2, 0) is 23.0 Å². The van der Waals surface area contributed by atoms with Crippen LogP contribution in [0.25, 0.3) is 0 Å². The molecule has 1 aromatic heterocycles. The Morgan fingerprint density at radius 2 is 2.13 bits per heavy atom. The van der Waals surface area contributed by atoms with Crippen molar-refractivity contribution in [3.8, 4) is 0 Å². The fraction of sp³-hybridized carbons (Fsp3) is 0.733. The number of aromatic nitrogens is 2. The van der Waals surface area contributed by atoms with E-state index in [0.29, 0.717) is 19.6 Å². The minimum atomic E-state index is 0. The number of rotatable bonds is 7. The Morgan fingerprint density at radius 3 is 2.70 bits per heavy atom. The Bertz CT molecular complexity index is 457. The highest BCUT2D eigenvalue weighted by Gasteiger charge is 2.32. The van der Waals surface area contributed by atoms with Crippen molar-refractivity contribution in [1.29, 1.82) is 0 Å². The molecule has 1 saturated heterocycles. The number of hydrogen-bond donors (Lipinski definition) is 2. The molecule has 0 atom stereocenters. The molecule has 1 aliphatic heterocycles. The number of nitrogens with one attached hydrogen (secondary N) is 2. The van der Waals surface area contributed by atoms with Gasteiger partial charge in [-0.05, 0) is 37.9 Å². The minimum Gasteiger partial charge on any atom is -0.384 e. The molecular weight excluding hydrogens is 339 g/mol. The fourth-order valence-corrected chi connectivity index (χ4v) is 2.87. The second kappa shape index (κ2) is 10.9. The number of aryl methyl sites for hydroxylation is 2. The zero-order valence-electron chi connectivity index (χ0n) is 13.8. The number of nitrogens with zero attached hydrogens (tertiary/aromatic N) is 2. The molecule has 134 valence electrons. The minimum absolute atomic E-state index is 0. The summed E-state index contributed by atoms with van der Waals surface area (Å²) in [5.41, 5.74) is 1.19. The first kappa shape index (κ1) is 22.2. The van der Waals surface area contributed by atoms with E-state index in [1.807, 2.05) is 19.4 Å². The maximum absolute atomic E-state index is 12.0. The van der Waals surface area contributed by atoms with E-state index in [0.717, 1.165) is 37.9 Å². The fourth-order valence-electron chi connectivity index (χ4n) is 2.87. The summed E-state index contributed by atoms with van der Waals surface area (Å²) in [6.45, 7) is 3.40. The van der Waals surface area contributed by atoms with Crippen molar-refractivity contribution in [1.82, 2.24) is 20.4 Å². The SMILES string of the molecule is COCC1(CNC(=O)CCc2cnn(C)c2)CCNCC1.Cl.Cl. The third-order valence-electron chi connectivity index (χ3n) is 4.17. The molecular formula is C15H28Cl2N4O2. The number of methoxy groups -OCH3 is 1. The molecule has 1 fully saturated rings. The Hall–Kier alpha value is -0.820. The van der Waals surface area contributed by atoms with E-state index in [9.17, 15) is 4.79 Å². The lowest BCUT2D eigenvalue weighted by atomic mass is 9.79. The smallest absolute Gasteiger partial charge is 0.220 e. The van der Waals surface area contributed by atoms with E-state index >= 15 is 0 Å². The van der Waals surface area contributed by atoms with Crippen molar-refractivity contribution in [3.05, 3.63) is 18.0 Å². The predicted molar refractivity (Wildman–Crippen MR) is 95.4 cm³/mol. The van der Waals surface area contributed by atoms with Gasteiger partial charge in [-0.25, -0.2) is 0 Å². The lowest BCUT2D eigenvalue weighted by molar-refractivity contribution is -0.122. The first-order valence-corrected chi connectivity index (χ1v) is 7.57. The maximum Gasteiger partial charge on any atom is 0.220 e.